The summed E-state index contributed by atoms with van der Waals surface area (Å²) in [5.74, 6) is 0.817. The molecule has 1 aromatic rings. The van der Waals surface area contributed by atoms with Gasteiger partial charge in [0.1, 0.15) is 0 Å². The lowest BCUT2D eigenvalue weighted by molar-refractivity contribution is 0.0867. The van der Waals surface area contributed by atoms with Crippen LogP contribution in [-0.2, 0) is 11.4 Å². The molecular formula is C12H17NO. The average Bonchev–Trinajstić information content (AvgIpc) is 2.13. The van der Waals surface area contributed by atoms with E-state index in [-0.39, 0.29) is 0 Å². The summed E-state index contributed by atoms with van der Waals surface area (Å²) in [6, 6.07) is 8.80. The fourth-order valence-corrected chi connectivity index (χ4v) is 1.85. The molecule has 0 atom stereocenters. The molecule has 0 amide bonds. The van der Waals surface area contributed by atoms with Crippen LogP contribution in [0.5, 0.6) is 0 Å². The standard InChI is InChI=1S/C12H17NO/c1-14-13-9-10-4-2-7-12(8-10)11-5-3-6-11/h2,4,7-8,11,13H,3,5-6,9H2,1H3. The van der Waals surface area contributed by atoms with E-state index < -0.39 is 0 Å². The first kappa shape index (κ1) is 9.69. The maximum atomic E-state index is 4.84. The Hall–Kier alpha value is -0.860. The van der Waals surface area contributed by atoms with Crippen molar-refractivity contribution in [1.82, 2.24) is 5.48 Å². The SMILES string of the molecule is CONCc1cccc(C2CCC2)c1. The summed E-state index contributed by atoms with van der Waals surface area (Å²) in [5.41, 5.74) is 5.66. The molecule has 1 aliphatic carbocycles. The van der Waals surface area contributed by atoms with Crippen molar-refractivity contribution in [2.24, 2.45) is 0 Å². The van der Waals surface area contributed by atoms with Gasteiger partial charge >= 0.3 is 0 Å². The van der Waals surface area contributed by atoms with E-state index in [0.717, 1.165) is 12.5 Å². The van der Waals surface area contributed by atoms with Gasteiger partial charge in [0, 0.05) is 6.54 Å². The van der Waals surface area contributed by atoms with Crippen LogP contribution in [0, 0.1) is 0 Å². The fourth-order valence-electron chi connectivity index (χ4n) is 1.85. The minimum atomic E-state index is 0.789. The Balaban J connectivity index is 2.02. The van der Waals surface area contributed by atoms with E-state index in [0.29, 0.717) is 0 Å². The second-order valence-electron chi connectivity index (χ2n) is 3.90. The Kier molecular flexibility index (Phi) is 3.17. The van der Waals surface area contributed by atoms with Gasteiger partial charge in [-0.2, -0.15) is 5.48 Å². The Labute approximate surface area is 85.2 Å². The second-order valence-corrected chi connectivity index (χ2v) is 3.90. The van der Waals surface area contributed by atoms with Crippen molar-refractivity contribution in [2.45, 2.75) is 31.7 Å². The molecule has 14 heavy (non-hydrogen) atoms. The van der Waals surface area contributed by atoms with E-state index in [4.69, 9.17) is 4.84 Å². The molecule has 0 unspecified atom stereocenters. The molecule has 1 N–H and O–H groups in total. The van der Waals surface area contributed by atoms with Crippen molar-refractivity contribution in [2.75, 3.05) is 7.11 Å². The molecule has 0 radical (unpaired) electrons. The predicted octanol–water partition coefficient (Wildman–Crippen LogP) is 2.61. The van der Waals surface area contributed by atoms with Crippen LogP contribution < -0.4 is 5.48 Å². The third kappa shape index (κ3) is 2.14. The van der Waals surface area contributed by atoms with E-state index in [1.54, 1.807) is 7.11 Å². The number of rotatable bonds is 4. The molecular weight excluding hydrogens is 174 g/mol. The van der Waals surface area contributed by atoms with Gasteiger partial charge < -0.3 is 4.84 Å². The third-order valence-corrected chi connectivity index (χ3v) is 2.95. The minimum Gasteiger partial charge on any atom is -0.305 e. The highest BCUT2D eigenvalue weighted by molar-refractivity contribution is 5.27. The van der Waals surface area contributed by atoms with E-state index in [1.165, 1.54) is 30.4 Å². The zero-order valence-electron chi connectivity index (χ0n) is 8.62. The Morgan fingerprint density at radius 1 is 1.43 bits per heavy atom. The molecule has 0 spiro atoms. The number of hydrogen-bond acceptors (Lipinski definition) is 2. The van der Waals surface area contributed by atoms with Gasteiger partial charge in [-0.25, -0.2) is 0 Å². The van der Waals surface area contributed by atoms with E-state index >= 15 is 0 Å². The van der Waals surface area contributed by atoms with Crippen LogP contribution in [-0.4, -0.2) is 7.11 Å². The van der Waals surface area contributed by atoms with Crippen LogP contribution in [0.15, 0.2) is 24.3 Å². The summed E-state index contributed by atoms with van der Waals surface area (Å²) < 4.78 is 0. The largest absolute Gasteiger partial charge is 0.305 e. The molecule has 2 nitrogen and oxygen atoms in total. The highest BCUT2D eigenvalue weighted by Gasteiger charge is 2.19. The summed E-state index contributed by atoms with van der Waals surface area (Å²) in [6.45, 7) is 0.789. The van der Waals surface area contributed by atoms with Crippen molar-refractivity contribution in [3.63, 3.8) is 0 Å². The minimum absolute atomic E-state index is 0.789. The molecule has 76 valence electrons. The molecule has 1 saturated carbocycles. The number of benzene rings is 1. The number of nitrogens with one attached hydrogen (secondary N) is 1. The van der Waals surface area contributed by atoms with Crippen molar-refractivity contribution in [1.29, 1.82) is 0 Å². The van der Waals surface area contributed by atoms with Crippen molar-refractivity contribution in [3.05, 3.63) is 35.4 Å². The van der Waals surface area contributed by atoms with Crippen LogP contribution in [0.1, 0.15) is 36.3 Å². The normalized spacial score (nSPS) is 16.6. The maximum Gasteiger partial charge on any atom is 0.0572 e. The van der Waals surface area contributed by atoms with Gasteiger partial charge in [0.2, 0.25) is 0 Å². The maximum absolute atomic E-state index is 4.84. The number of hydroxylamine groups is 1. The highest BCUT2D eigenvalue weighted by Crippen LogP contribution is 2.36. The zero-order valence-corrected chi connectivity index (χ0v) is 8.62. The van der Waals surface area contributed by atoms with Crippen LogP contribution in [0.4, 0.5) is 0 Å². The molecule has 0 heterocycles. The van der Waals surface area contributed by atoms with Crippen molar-refractivity contribution >= 4 is 0 Å². The van der Waals surface area contributed by atoms with Gasteiger partial charge in [-0.1, -0.05) is 30.7 Å². The van der Waals surface area contributed by atoms with Gasteiger partial charge in [-0.15, -0.1) is 0 Å². The van der Waals surface area contributed by atoms with E-state index in [2.05, 4.69) is 29.7 Å². The second kappa shape index (κ2) is 4.58. The third-order valence-electron chi connectivity index (χ3n) is 2.95. The van der Waals surface area contributed by atoms with Gasteiger partial charge in [-0.05, 0) is 29.9 Å². The van der Waals surface area contributed by atoms with Crippen molar-refractivity contribution < 1.29 is 4.84 Å². The Morgan fingerprint density at radius 2 is 2.29 bits per heavy atom. The molecule has 2 heteroatoms. The summed E-state index contributed by atoms with van der Waals surface area (Å²) in [4.78, 5) is 4.84. The predicted molar refractivity (Wildman–Crippen MR) is 56.9 cm³/mol. The number of hydrogen-bond donors (Lipinski definition) is 1. The first-order valence-electron chi connectivity index (χ1n) is 5.25. The van der Waals surface area contributed by atoms with E-state index in [1.807, 2.05) is 0 Å². The molecule has 1 aromatic carbocycles. The van der Waals surface area contributed by atoms with Crippen LogP contribution in [0.25, 0.3) is 0 Å². The summed E-state index contributed by atoms with van der Waals surface area (Å²) >= 11 is 0. The molecule has 0 saturated heterocycles. The van der Waals surface area contributed by atoms with Crippen LogP contribution in [0.3, 0.4) is 0 Å². The highest BCUT2D eigenvalue weighted by atomic mass is 16.6. The fraction of sp³-hybridized carbons (Fsp3) is 0.500. The summed E-state index contributed by atoms with van der Waals surface area (Å²) in [7, 11) is 1.65. The first-order valence-corrected chi connectivity index (χ1v) is 5.25. The first-order chi connectivity index (χ1) is 6.90. The van der Waals surface area contributed by atoms with Crippen molar-refractivity contribution in [3.8, 4) is 0 Å². The van der Waals surface area contributed by atoms with Gasteiger partial charge in [0.15, 0.2) is 0 Å². The Bertz CT molecular complexity index is 294. The molecule has 0 aromatic heterocycles. The summed E-state index contributed by atoms with van der Waals surface area (Å²) in [6.07, 6.45) is 4.12. The van der Waals surface area contributed by atoms with Crippen LogP contribution in [0.2, 0.25) is 0 Å². The smallest absolute Gasteiger partial charge is 0.0572 e. The zero-order chi connectivity index (χ0) is 9.80. The van der Waals surface area contributed by atoms with Crippen LogP contribution >= 0.6 is 0 Å². The lowest BCUT2D eigenvalue weighted by Crippen LogP contribution is -2.12. The van der Waals surface area contributed by atoms with Gasteiger partial charge in [0.25, 0.3) is 0 Å². The monoisotopic (exact) mass is 191 g/mol. The molecule has 0 aliphatic heterocycles. The summed E-state index contributed by atoms with van der Waals surface area (Å²) in [5, 5.41) is 0. The lowest BCUT2D eigenvalue weighted by Gasteiger charge is -2.26. The Morgan fingerprint density at radius 3 is 2.93 bits per heavy atom. The lowest BCUT2D eigenvalue weighted by atomic mass is 9.80. The molecule has 0 bridgehead atoms. The van der Waals surface area contributed by atoms with Gasteiger partial charge in [-0.3, -0.25) is 0 Å². The topological polar surface area (TPSA) is 21.3 Å². The average molecular weight is 191 g/mol. The van der Waals surface area contributed by atoms with E-state index in [9.17, 15) is 0 Å². The molecule has 1 fully saturated rings. The quantitative estimate of drug-likeness (QED) is 0.739. The molecule has 1 aliphatic rings. The molecule has 2 rings (SSSR count). The van der Waals surface area contributed by atoms with Gasteiger partial charge in [0.05, 0.1) is 7.11 Å².